The Hall–Kier alpha value is -4.42. The number of hydrogen-bond acceptors (Lipinski definition) is 0. The second kappa shape index (κ2) is 10.2. The lowest BCUT2D eigenvalue weighted by molar-refractivity contribution is 1.26. The van der Waals surface area contributed by atoms with Crippen molar-refractivity contribution in [2.75, 3.05) is 0 Å². The first-order valence-electron chi connectivity index (χ1n) is 19.5. The molecule has 9 rings (SSSR count). The van der Waals surface area contributed by atoms with Gasteiger partial charge in [-0.1, -0.05) is 0 Å². The zero-order valence-electron chi connectivity index (χ0n) is 35.0. The normalized spacial score (nSPS) is 12.8. The van der Waals surface area contributed by atoms with Crippen molar-refractivity contribution in [1.29, 1.82) is 0 Å². The van der Waals surface area contributed by atoms with Crippen LogP contribution in [0.3, 0.4) is 0 Å². The Morgan fingerprint density at radius 3 is 0.481 bits per heavy atom. The molecule has 0 amide bonds. The second-order valence-corrected chi connectivity index (χ2v) is 17.2. The summed E-state index contributed by atoms with van der Waals surface area (Å²) in [7, 11) is 0. The molecule has 7 aromatic rings. The highest BCUT2D eigenvalue weighted by atomic mass is 14.4. The number of rotatable bonds is 0. The van der Waals surface area contributed by atoms with E-state index in [0.717, 1.165) is 0 Å². The van der Waals surface area contributed by atoms with Gasteiger partial charge in [0.2, 0.25) is 0 Å². The Morgan fingerprint density at radius 1 is 0.115 bits per heavy atom. The van der Waals surface area contributed by atoms with Gasteiger partial charge < -0.3 is 0 Å². The predicted molar refractivity (Wildman–Crippen MR) is 231 cm³/mol. The molecule has 0 spiro atoms. The van der Waals surface area contributed by atoms with Crippen molar-refractivity contribution in [2.24, 2.45) is 0 Å². The van der Waals surface area contributed by atoms with Crippen LogP contribution in [0.15, 0.2) is 0 Å². The van der Waals surface area contributed by atoms with Crippen molar-refractivity contribution in [3.05, 3.63) is 100 Å². The number of hydrogen-bond donors (Lipinski definition) is 0. The minimum absolute atomic E-state index is 1.44. The van der Waals surface area contributed by atoms with Crippen LogP contribution < -0.4 is 0 Å². The zero-order valence-corrected chi connectivity index (χ0v) is 35.0. The van der Waals surface area contributed by atoms with Crippen LogP contribution in [0.25, 0.3) is 87.6 Å². The molecule has 0 unspecified atom stereocenters. The van der Waals surface area contributed by atoms with Crippen LogP contribution in [0.2, 0.25) is 0 Å². The molecule has 2 aliphatic rings. The quantitative estimate of drug-likeness (QED) is 0.140. The van der Waals surface area contributed by atoms with Gasteiger partial charge in [0.15, 0.2) is 0 Å². The van der Waals surface area contributed by atoms with Crippen LogP contribution >= 0.6 is 0 Å². The molecule has 0 nitrogen and oxygen atoms in total. The average molecular weight is 679 g/mol. The minimum Gasteiger partial charge on any atom is -0.0440 e. The molecule has 0 saturated carbocycles. The highest BCUT2D eigenvalue weighted by Crippen LogP contribution is 2.61. The van der Waals surface area contributed by atoms with E-state index in [2.05, 4.69) is 125 Å². The molecule has 0 fully saturated rings. The molecule has 0 atom stereocenters. The third-order valence-corrected chi connectivity index (χ3v) is 15.5. The molecular formula is C52H54. The maximum Gasteiger partial charge on any atom is -0.00151 e. The SMILES string of the molecule is Cc1c(C)c2c3c(c(C)c(C)c(C)c3c1C)-c1c-2c(C)c2c(C)c3c(C)c4c(c(C)c3c(C)c2c1C)-c1c(C)c(C)c(C)c2c(C)c(C)c(C)c-4c12. The fourth-order valence-corrected chi connectivity index (χ4v) is 12.1. The largest absolute Gasteiger partial charge is 0.0440 e. The molecule has 7 aromatic carbocycles. The van der Waals surface area contributed by atoms with E-state index in [4.69, 9.17) is 0 Å². The molecular weight excluding hydrogens is 625 g/mol. The molecule has 262 valence electrons. The Kier molecular flexibility index (Phi) is 6.53. The topological polar surface area (TPSA) is 0 Å². The molecule has 0 saturated heterocycles. The van der Waals surface area contributed by atoms with Gasteiger partial charge in [-0.15, -0.1) is 0 Å². The van der Waals surface area contributed by atoms with Crippen LogP contribution in [0.1, 0.15) is 100 Å². The summed E-state index contributed by atoms with van der Waals surface area (Å²) < 4.78 is 0. The molecule has 0 heterocycles. The molecule has 0 N–H and O–H groups in total. The van der Waals surface area contributed by atoms with E-state index in [1.165, 1.54) is 188 Å². The van der Waals surface area contributed by atoms with Gasteiger partial charge >= 0.3 is 0 Å². The summed E-state index contributed by atoms with van der Waals surface area (Å²) in [6, 6.07) is 0. The van der Waals surface area contributed by atoms with Crippen LogP contribution in [0.4, 0.5) is 0 Å². The first-order chi connectivity index (χ1) is 24.4. The second-order valence-electron chi connectivity index (χ2n) is 17.2. The summed E-state index contributed by atoms with van der Waals surface area (Å²) in [5, 5.41) is 11.8. The van der Waals surface area contributed by atoms with Crippen molar-refractivity contribution in [2.45, 2.75) is 125 Å². The maximum atomic E-state index is 2.44. The van der Waals surface area contributed by atoms with Crippen LogP contribution in [0, 0.1) is 125 Å². The van der Waals surface area contributed by atoms with Gasteiger partial charge in [0, 0.05) is 0 Å². The summed E-state index contributed by atoms with van der Waals surface area (Å²) >= 11 is 0. The Labute approximate surface area is 311 Å². The fraction of sp³-hybridized carbons (Fsp3) is 0.346. The van der Waals surface area contributed by atoms with Crippen LogP contribution in [0.5, 0.6) is 0 Å². The summed E-state index contributed by atoms with van der Waals surface area (Å²) in [5.41, 5.74) is 37.9. The third-order valence-electron chi connectivity index (χ3n) is 15.5. The fourth-order valence-electron chi connectivity index (χ4n) is 12.1. The van der Waals surface area contributed by atoms with Gasteiger partial charge in [0.25, 0.3) is 0 Å². The van der Waals surface area contributed by atoms with Crippen molar-refractivity contribution in [3.63, 3.8) is 0 Å². The first kappa shape index (κ1) is 33.4. The monoisotopic (exact) mass is 678 g/mol. The van der Waals surface area contributed by atoms with Gasteiger partial charge in [0.1, 0.15) is 0 Å². The molecule has 0 heteroatoms. The Bertz CT molecular complexity index is 2590. The molecule has 0 aliphatic heterocycles. The van der Waals surface area contributed by atoms with Gasteiger partial charge in [-0.2, -0.15) is 0 Å². The Balaban J connectivity index is 1.54. The van der Waals surface area contributed by atoms with E-state index in [1.807, 2.05) is 0 Å². The number of benzene rings is 7. The molecule has 0 aromatic heterocycles. The van der Waals surface area contributed by atoms with Gasteiger partial charge in [-0.3, -0.25) is 0 Å². The van der Waals surface area contributed by atoms with E-state index in [9.17, 15) is 0 Å². The smallest absolute Gasteiger partial charge is 0.00151 e. The standard InChI is InChI=1S/C52H54/c1-19-23(5)37-24(6)20(2)28(10)44-48-34(16)40-32(14)42-36(18)50-46-30(12)22(4)26(8)38-25(7)21(3)29(11)45(52(38)46)49(50)35(17)41(42)31(13)39(40)33(15)47(48)43(27(19)9)51(37)44/h1-18H3. The average Bonchev–Trinajstić information content (AvgIpc) is 3.65. The van der Waals surface area contributed by atoms with E-state index < -0.39 is 0 Å². The molecule has 52 heavy (non-hydrogen) atoms. The summed E-state index contributed by atoms with van der Waals surface area (Å²) in [6.07, 6.45) is 0. The van der Waals surface area contributed by atoms with Gasteiger partial charge in [0.05, 0.1) is 0 Å². The lowest BCUT2D eigenvalue weighted by Crippen LogP contribution is -2.02. The highest BCUT2D eigenvalue weighted by Gasteiger charge is 2.36. The van der Waals surface area contributed by atoms with Crippen molar-refractivity contribution >= 4 is 43.1 Å². The lowest BCUT2D eigenvalue weighted by atomic mass is 9.78. The predicted octanol–water partition coefficient (Wildman–Crippen LogP) is 15.1. The molecule has 0 radical (unpaired) electrons. The summed E-state index contributed by atoms with van der Waals surface area (Å²) in [5.74, 6) is 0. The van der Waals surface area contributed by atoms with Crippen molar-refractivity contribution in [1.82, 2.24) is 0 Å². The van der Waals surface area contributed by atoms with Crippen LogP contribution in [-0.4, -0.2) is 0 Å². The Morgan fingerprint density at radius 2 is 0.288 bits per heavy atom. The summed E-state index contributed by atoms with van der Waals surface area (Å²) in [6.45, 7) is 43.0. The maximum absolute atomic E-state index is 2.44. The number of aryl methyl sites for hydroxylation is 10. The summed E-state index contributed by atoms with van der Waals surface area (Å²) in [4.78, 5) is 0. The van der Waals surface area contributed by atoms with E-state index in [0.29, 0.717) is 0 Å². The highest BCUT2D eigenvalue weighted by molar-refractivity contribution is 6.28. The van der Waals surface area contributed by atoms with E-state index >= 15 is 0 Å². The van der Waals surface area contributed by atoms with E-state index in [-0.39, 0.29) is 0 Å². The van der Waals surface area contributed by atoms with Gasteiger partial charge in [-0.25, -0.2) is 0 Å². The minimum atomic E-state index is 1.44. The van der Waals surface area contributed by atoms with Crippen molar-refractivity contribution in [3.8, 4) is 44.5 Å². The van der Waals surface area contributed by atoms with Crippen LogP contribution in [-0.2, 0) is 0 Å². The lowest BCUT2D eigenvalue weighted by Gasteiger charge is -2.25. The molecule has 0 bridgehead atoms. The zero-order chi connectivity index (χ0) is 37.6. The van der Waals surface area contributed by atoms with E-state index in [1.54, 1.807) is 0 Å². The third kappa shape index (κ3) is 3.39. The molecule has 2 aliphatic carbocycles. The first-order valence-corrected chi connectivity index (χ1v) is 19.5. The van der Waals surface area contributed by atoms with Crippen molar-refractivity contribution < 1.29 is 0 Å². The van der Waals surface area contributed by atoms with Gasteiger partial charge in [-0.05, 0) is 312 Å². The number of fused-ring (bicyclic) bond motifs is 8.